The van der Waals surface area contributed by atoms with E-state index in [0.29, 0.717) is 19.6 Å². The lowest BCUT2D eigenvalue weighted by Crippen LogP contribution is -2.46. The molecule has 14 heavy (non-hydrogen) atoms. The zero-order valence-corrected chi connectivity index (χ0v) is 7.86. The van der Waals surface area contributed by atoms with Gasteiger partial charge in [-0.3, -0.25) is 4.90 Å². The molecule has 1 heterocycles. The number of benzene rings is 1. The molecule has 0 saturated heterocycles. The SMILES string of the molecule is NCCN1C(=O)NCc2ccccc21. The van der Waals surface area contributed by atoms with Gasteiger partial charge >= 0.3 is 6.03 Å². The topological polar surface area (TPSA) is 58.4 Å². The van der Waals surface area contributed by atoms with Crippen molar-refractivity contribution < 1.29 is 4.79 Å². The first-order valence-corrected chi connectivity index (χ1v) is 4.66. The molecule has 2 amide bonds. The standard InChI is InChI=1S/C10H13N3O/c11-5-6-13-9-4-2-1-3-8(9)7-12-10(13)14/h1-4H,5-7,11H2,(H,12,14). The number of nitrogens with zero attached hydrogens (tertiary/aromatic N) is 1. The molecule has 1 aliphatic heterocycles. The Hall–Kier alpha value is -1.55. The van der Waals surface area contributed by atoms with Crippen LogP contribution in [0.15, 0.2) is 24.3 Å². The fourth-order valence-corrected chi connectivity index (χ4v) is 1.65. The summed E-state index contributed by atoms with van der Waals surface area (Å²) in [5.41, 5.74) is 7.57. The number of hydrogen-bond acceptors (Lipinski definition) is 2. The summed E-state index contributed by atoms with van der Waals surface area (Å²) in [6, 6.07) is 7.80. The number of amides is 2. The van der Waals surface area contributed by atoms with Crippen LogP contribution in [0.5, 0.6) is 0 Å². The smallest absolute Gasteiger partial charge is 0.322 e. The number of carbonyl (C=O) groups excluding carboxylic acids is 1. The monoisotopic (exact) mass is 191 g/mol. The van der Waals surface area contributed by atoms with Crippen LogP contribution in [-0.4, -0.2) is 19.1 Å². The highest BCUT2D eigenvalue weighted by molar-refractivity contribution is 5.94. The number of rotatable bonds is 2. The van der Waals surface area contributed by atoms with Gasteiger partial charge in [-0.2, -0.15) is 0 Å². The molecule has 1 aliphatic rings. The molecule has 0 aromatic heterocycles. The van der Waals surface area contributed by atoms with E-state index in [9.17, 15) is 4.79 Å². The minimum Gasteiger partial charge on any atom is -0.334 e. The fourth-order valence-electron chi connectivity index (χ4n) is 1.65. The molecule has 1 aromatic carbocycles. The van der Waals surface area contributed by atoms with Crippen molar-refractivity contribution in [2.45, 2.75) is 6.54 Å². The van der Waals surface area contributed by atoms with E-state index in [2.05, 4.69) is 5.32 Å². The first-order chi connectivity index (χ1) is 6.83. The van der Waals surface area contributed by atoms with Gasteiger partial charge in [0.15, 0.2) is 0 Å². The van der Waals surface area contributed by atoms with E-state index in [0.717, 1.165) is 11.3 Å². The summed E-state index contributed by atoms with van der Waals surface area (Å²) in [4.78, 5) is 13.2. The van der Waals surface area contributed by atoms with Gasteiger partial charge in [0, 0.05) is 19.6 Å². The van der Waals surface area contributed by atoms with E-state index in [4.69, 9.17) is 5.73 Å². The van der Waals surface area contributed by atoms with Crippen LogP contribution in [0.3, 0.4) is 0 Å². The number of carbonyl (C=O) groups is 1. The van der Waals surface area contributed by atoms with E-state index in [1.54, 1.807) is 4.90 Å². The van der Waals surface area contributed by atoms with Gasteiger partial charge in [-0.15, -0.1) is 0 Å². The number of anilines is 1. The van der Waals surface area contributed by atoms with E-state index in [-0.39, 0.29) is 6.03 Å². The third-order valence-corrected chi connectivity index (χ3v) is 2.31. The van der Waals surface area contributed by atoms with Crippen LogP contribution in [0.2, 0.25) is 0 Å². The molecule has 0 aliphatic carbocycles. The lowest BCUT2D eigenvalue weighted by molar-refractivity contribution is 0.244. The van der Waals surface area contributed by atoms with Gasteiger partial charge in [0.25, 0.3) is 0 Å². The molecule has 3 N–H and O–H groups in total. The highest BCUT2D eigenvalue weighted by atomic mass is 16.2. The second-order valence-corrected chi connectivity index (χ2v) is 3.23. The van der Waals surface area contributed by atoms with Gasteiger partial charge in [0.2, 0.25) is 0 Å². The number of urea groups is 1. The van der Waals surface area contributed by atoms with Crippen LogP contribution >= 0.6 is 0 Å². The Labute approximate surface area is 82.7 Å². The van der Waals surface area contributed by atoms with E-state index in [1.807, 2.05) is 24.3 Å². The zero-order valence-electron chi connectivity index (χ0n) is 7.86. The number of hydrogen-bond donors (Lipinski definition) is 2. The lowest BCUT2D eigenvalue weighted by Gasteiger charge is -2.29. The van der Waals surface area contributed by atoms with Crippen LogP contribution in [0.25, 0.3) is 0 Å². The first-order valence-electron chi connectivity index (χ1n) is 4.66. The van der Waals surface area contributed by atoms with Gasteiger partial charge in [0.1, 0.15) is 0 Å². The third kappa shape index (κ3) is 1.44. The molecule has 4 heteroatoms. The molecular weight excluding hydrogens is 178 g/mol. The molecule has 0 spiro atoms. The minimum absolute atomic E-state index is 0.0610. The molecule has 0 bridgehead atoms. The van der Waals surface area contributed by atoms with Crippen LogP contribution in [-0.2, 0) is 6.54 Å². The molecule has 0 atom stereocenters. The maximum atomic E-state index is 11.5. The molecule has 0 saturated carbocycles. The van der Waals surface area contributed by atoms with Crippen molar-refractivity contribution in [2.24, 2.45) is 5.73 Å². The van der Waals surface area contributed by atoms with Crippen molar-refractivity contribution in [3.8, 4) is 0 Å². The number of fused-ring (bicyclic) bond motifs is 1. The molecule has 74 valence electrons. The highest BCUT2D eigenvalue weighted by Crippen LogP contribution is 2.23. The highest BCUT2D eigenvalue weighted by Gasteiger charge is 2.21. The summed E-state index contributed by atoms with van der Waals surface area (Å²) < 4.78 is 0. The summed E-state index contributed by atoms with van der Waals surface area (Å²) >= 11 is 0. The average molecular weight is 191 g/mol. The Morgan fingerprint density at radius 3 is 3.00 bits per heavy atom. The summed E-state index contributed by atoms with van der Waals surface area (Å²) in [5, 5.41) is 2.80. The Morgan fingerprint density at radius 1 is 1.43 bits per heavy atom. The van der Waals surface area contributed by atoms with Crippen molar-refractivity contribution in [3.05, 3.63) is 29.8 Å². The van der Waals surface area contributed by atoms with Crippen molar-refractivity contribution in [2.75, 3.05) is 18.0 Å². The predicted octanol–water partition coefficient (Wildman–Crippen LogP) is 0.675. The summed E-state index contributed by atoms with van der Waals surface area (Å²) in [7, 11) is 0. The number of nitrogens with two attached hydrogens (primary N) is 1. The fraction of sp³-hybridized carbons (Fsp3) is 0.300. The largest absolute Gasteiger partial charge is 0.334 e. The van der Waals surface area contributed by atoms with Gasteiger partial charge < -0.3 is 11.1 Å². The van der Waals surface area contributed by atoms with Crippen LogP contribution < -0.4 is 16.0 Å². The normalized spacial score (nSPS) is 14.9. The van der Waals surface area contributed by atoms with Crippen LogP contribution in [0.4, 0.5) is 10.5 Å². The van der Waals surface area contributed by atoms with E-state index >= 15 is 0 Å². The molecule has 0 unspecified atom stereocenters. The van der Waals surface area contributed by atoms with Crippen LogP contribution in [0.1, 0.15) is 5.56 Å². The molecule has 0 radical (unpaired) electrons. The summed E-state index contributed by atoms with van der Waals surface area (Å²) in [6.45, 7) is 1.64. The van der Waals surface area contributed by atoms with Crippen molar-refractivity contribution >= 4 is 11.7 Å². The molecule has 2 rings (SSSR count). The Kier molecular flexibility index (Phi) is 2.37. The Bertz CT molecular complexity index is 351. The second-order valence-electron chi connectivity index (χ2n) is 3.23. The molecule has 4 nitrogen and oxygen atoms in total. The van der Waals surface area contributed by atoms with Gasteiger partial charge in [0.05, 0.1) is 5.69 Å². The van der Waals surface area contributed by atoms with Crippen molar-refractivity contribution in [1.29, 1.82) is 0 Å². The predicted molar refractivity (Wildman–Crippen MR) is 55.1 cm³/mol. The van der Waals surface area contributed by atoms with Crippen LogP contribution in [0, 0.1) is 0 Å². The zero-order chi connectivity index (χ0) is 9.97. The maximum absolute atomic E-state index is 11.5. The lowest BCUT2D eigenvalue weighted by atomic mass is 10.1. The Balaban J connectivity index is 2.36. The number of nitrogens with one attached hydrogen (secondary N) is 1. The van der Waals surface area contributed by atoms with Crippen molar-refractivity contribution in [1.82, 2.24) is 5.32 Å². The summed E-state index contributed by atoms with van der Waals surface area (Å²) in [5.74, 6) is 0. The van der Waals surface area contributed by atoms with Crippen molar-refractivity contribution in [3.63, 3.8) is 0 Å². The third-order valence-electron chi connectivity index (χ3n) is 2.31. The van der Waals surface area contributed by atoms with Gasteiger partial charge in [-0.05, 0) is 11.6 Å². The second kappa shape index (κ2) is 3.67. The molecule has 1 aromatic rings. The summed E-state index contributed by atoms with van der Waals surface area (Å²) in [6.07, 6.45) is 0. The quantitative estimate of drug-likeness (QED) is 0.722. The van der Waals surface area contributed by atoms with E-state index in [1.165, 1.54) is 0 Å². The minimum atomic E-state index is -0.0610. The van der Waals surface area contributed by atoms with E-state index < -0.39 is 0 Å². The molecule has 0 fully saturated rings. The number of para-hydroxylation sites is 1. The van der Waals surface area contributed by atoms with Gasteiger partial charge in [-0.25, -0.2) is 4.79 Å². The van der Waals surface area contributed by atoms with Gasteiger partial charge in [-0.1, -0.05) is 18.2 Å². The maximum Gasteiger partial charge on any atom is 0.322 e. The Morgan fingerprint density at radius 2 is 2.21 bits per heavy atom. The molecular formula is C10H13N3O. The first kappa shape index (κ1) is 9.02. The average Bonchev–Trinajstić information content (AvgIpc) is 2.23.